The van der Waals surface area contributed by atoms with E-state index in [9.17, 15) is 14.2 Å². The number of H-pyrrole nitrogens is 1. The van der Waals surface area contributed by atoms with E-state index >= 15 is 0 Å². The van der Waals surface area contributed by atoms with Gasteiger partial charge in [0.15, 0.2) is 5.85 Å². The molecule has 10 heteroatoms. The minimum atomic E-state index is -3.84. The van der Waals surface area contributed by atoms with Gasteiger partial charge in [0.05, 0.1) is 24.9 Å². The Balaban J connectivity index is 1.64. The summed E-state index contributed by atoms with van der Waals surface area (Å²) in [6, 6.07) is 29.0. The van der Waals surface area contributed by atoms with E-state index in [0.29, 0.717) is 5.56 Å². The van der Waals surface area contributed by atoms with Gasteiger partial charge in [-0.3, -0.25) is 18.9 Å². The lowest BCUT2D eigenvalue weighted by Gasteiger charge is -2.40. The van der Waals surface area contributed by atoms with Crippen LogP contribution in [0.4, 0.5) is 0 Å². The van der Waals surface area contributed by atoms with Crippen LogP contribution in [0.15, 0.2) is 119 Å². The van der Waals surface area contributed by atoms with Crippen molar-refractivity contribution in [2.45, 2.75) is 70.4 Å². The van der Waals surface area contributed by atoms with Crippen LogP contribution in [-0.2, 0) is 28.7 Å². The van der Waals surface area contributed by atoms with Crippen LogP contribution in [0, 0.1) is 6.92 Å². The Morgan fingerprint density at radius 3 is 1.74 bits per heavy atom. The second-order valence-electron chi connectivity index (χ2n) is 11.9. The van der Waals surface area contributed by atoms with Crippen molar-refractivity contribution < 1.29 is 23.1 Å². The van der Waals surface area contributed by atoms with Crippen molar-refractivity contribution in [2.24, 2.45) is 0 Å². The van der Waals surface area contributed by atoms with Crippen molar-refractivity contribution in [3.8, 4) is 0 Å². The van der Waals surface area contributed by atoms with E-state index in [0.717, 1.165) is 16.7 Å². The number of hydrogen-bond acceptors (Lipinski definition) is 7. The van der Waals surface area contributed by atoms with Crippen LogP contribution in [-0.4, -0.2) is 40.3 Å². The van der Waals surface area contributed by atoms with Crippen molar-refractivity contribution in [2.75, 3.05) is 6.61 Å². The third kappa shape index (κ3) is 7.09. The molecule has 0 radical (unpaired) electrons. The number of nitrogens with one attached hydrogen (secondary N) is 1. The Hall–Kier alpha value is -3.85. The maximum atomic E-state index is 14.2. The minimum absolute atomic E-state index is 0.0435. The summed E-state index contributed by atoms with van der Waals surface area (Å²) in [5, 5.41) is 0. The fourth-order valence-electron chi connectivity index (χ4n) is 5.74. The first kappa shape index (κ1) is 33.5. The average Bonchev–Trinajstić information content (AvgIpc) is 3.04. The van der Waals surface area contributed by atoms with Gasteiger partial charge in [0.25, 0.3) is 5.56 Å². The SMILES string of the molecule is Cc1cn([C@@H]2C=C[C@@H](P(=O)(OC(C)C)OC(C)C)O[C@@H]2COC(c2ccccc2)(c2ccccc2)c2ccccc2)c(=O)[nH]c1=O. The van der Waals surface area contributed by atoms with Crippen LogP contribution in [0.5, 0.6) is 0 Å². The summed E-state index contributed by atoms with van der Waals surface area (Å²) in [6.45, 7) is 8.71. The summed E-state index contributed by atoms with van der Waals surface area (Å²) in [4.78, 5) is 27.8. The van der Waals surface area contributed by atoms with Crippen molar-refractivity contribution in [3.05, 3.63) is 152 Å². The Morgan fingerprint density at radius 1 is 0.804 bits per heavy atom. The first-order chi connectivity index (χ1) is 22.0. The molecule has 0 spiro atoms. The molecule has 1 aromatic heterocycles. The predicted molar refractivity (Wildman–Crippen MR) is 178 cm³/mol. The molecule has 3 atom stereocenters. The van der Waals surface area contributed by atoms with Gasteiger partial charge in [-0.05, 0) is 57.4 Å². The fraction of sp³-hybridized carbons (Fsp3) is 0.333. The molecule has 0 saturated carbocycles. The number of hydrogen-bond donors (Lipinski definition) is 1. The zero-order valence-corrected chi connectivity index (χ0v) is 27.6. The molecule has 0 unspecified atom stereocenters. The van der Waals surface area contributed by atoms with Crippen molar-refractivity contribution in [1.82, 2.24) is 9.55 Å². The van der Waals surface area contributed by atoms with E-state index in [-0.39, 0.29) is 6.61 Å². The topological polar surface area (TPSA) is 109 Å². The second-order valence-corrected chi connectivity index (χ2v) is 13.9. The van der Waals surface area contributed by atoms with Gasteiger partial charge in [-0.25, -0.2) is 4.79 Å². The summed E-state index contributed by atoms with van der Waals surface area (Å²) >= 11 is 0. The highest BCUT2D eigenvalue weighted by molar-refractivity contribution is 7.54. The quantitative estimate of drug-likeness (QED) is 0.104. The molecular formula is C36H41N2O7P. The minimum Gasteiger partial charge on any atom is -0.358 e. The number of aryl methyl sites for hydroxylation is 1. The lowest BCUT2D eigenvalue weighted by Crippen LogP contribution is -2.45. The lowest BCUT2D eigenvalue weighted by molar-refractivity contribution is -0.0882. The van der Waals surface area contributed by atoms with E-state index in [1.165, 1.54) is 10.8 Å². The molecule has 0 aliphatic carbocycles. The Bertz CT molecular complexity index is 1680. The highest BCUT2D eigenvalue weighted by Gasteiger charge is 2.45. The molecule has 1 aliphatic rings. The highest BCUT2D eigenvalue weighted by atomic mass is 31.2. The van der Waals surface area contributed by atoms with Gasteiger partial charge in [-0.1, -0.05) is 97.1 Å². The molecule has 46 heavy (non-hydrogen) atoms. The molecule has 0 fully saturated rings. The van der Waals surface area contributed by atoms with Crippen LogP contribution in [0.25, 0.3) is 0 Å². The van der Waals surface area contributed by atoms with Gasteiger partial charge >= 0.3 is 13.3 Å². The van der Waals surface area contributed by atoms with Gasteiger partial charge in [-0.2, -0.15) is 0 Å². The second kappa shape index (κ2) is 14.3. The smallest absolute Gasteiger partial charge is 0.358 e. The predicted octanol–water partition coefficient (Wildman–Crippen LogP) is 6.72. The molecule has 242 valence electrons. The number of rotatable bonds is 12. The summed E-state index contributed by atoms with van der Waals surface area (Å²) in [7, 11) is -3.84. The lowest BCUT2D eigenvalue weighted by atomic mass is 9.80. The van der Waals surface area contributed by atoms with Gasteiger partial charge < -0.3 is 18.5 Å². The molecule has 9 nitrogen and oxygen atoms in total. The molecule has 5 rings (SSSR count). The summed E-state index contributed by atoms with van der Waals surface area (Å²) in [5.74, 6) is -1.07. The average molecular weight is 645 g/mol. The maximum Gasteiger partial charge on any atom is 0.363 e. The fourth-order valence-corrected chi connectivity index (χ4v) is 7.82. The van der Waals surface area contributed by atoms with E-state index in [2.05, 4.69) is 4.98 Å². The number of ether oxygens (including phenoxy) is 2. The molecule has 1 N–H and O–H groups in total. The van der Waals surface area contributed by atoms with Crippen LogP contribution >= 0.6 is 7.60 Å². The van der Waals surface area contributed by atoms with E-state index < -0.39 is 54.6 Å². The molecule has 4 aromatic rings. The number of nitrogens with zero attached hydrogens (tertiary/aromatic N) is 1. The molecule has 0 amide bonds. The Labute approximate surface area is 269 Å². The normalized spacial score (nSPS) is 18.7. The van der Waals surface area contributed by atoms with Gasteiger partial charge in [0.1, 0.15) is 11.7 Å². The van der Waals surface area contributed by atoms with E-state index in [1.54, 1.807) is 46.8 Å². The zero-order chi connectivity index (χ0) is 32.9. The summed E-state index contributed by atoms with van der Waals surface area (Å²) < 4.78 is 41.1. The molecule has 0 bridgehead atoms. The maximum absolute atomic E-state index is 14.2. The van der Waals surface area contributed by atoms with E-state index in [1.807, 2.05) is 91.0 Å². The molecular weight excluding hydrogens is 603 g/mol. The molecule has 0 saturated heterocycles. The van der Waals surface area contributed by atoms with Gasteiger partial charge in [0, 0.05) is 11.8 Å². The van der Waals surface area contributed by atoms with E-state index in [4.69, 9.17) is 18.5 Å². The Morgan fingerprint density at radius 2 is 1.28 bits per heavy atom. The largest absolute Gasteiger partial charge is 0.363 e. The molecule has 1 aliphatic heterocycles. The van der Waals surface area contributed by atoms with Crippen molar-refractivity contribution in [3.63, 3.8) is 0 Å². The third-order valence-corrected chi connectivity index (χ3v) is 10.0. The summed E-state index contributed by atoms with van der Waals surface area (Å²) in [6.07, 6.45) is 3.20. The number of aromatic amines is 1. The van der Waals surface area contributed by atoms with Gasteiger partial charge in [-0.15, -0.1) is 0 Å². The highest BCUT2D eigenvalue weighted by Crippen LogP contribution is 2.57. The van der Waals surface area contributed by atoms with Crippen molar-refractivity contribution in [1.29, 1.82) is 0 Å². The standard InChI is InChI=1S/C36H41N2O7P/c1-25(2)44-46(41,45-26(3)4)33-22-21-31(38-23-27(5)34(39)37-35(38)40)32(43-33)24-42-36(28-15-9-6-10-16-28,29-17-11-7-12-18-29)30-19-13-8-14-20-30/h6-23,25-26,31-33H,24H2,1-5H3,(H,37,39,40)/t31-,32-,33-/m1/s1. The van der Waals surface area contributed by atoms with Crippen molar-refractivity contribution >= 4 is 7.60 Å². The Kier molecular flexibility index (Phi) is 10.4. The van der Waals surface area contributed by atoms with Gasteiger partial charge in [0.2, 0.25) is 0 Å². The summed E-state index contributed by atoms with van der Waals surface area (Å²) in [5.41, 5.74) is 0.885. The van der Waals surface area contributed by atoms with Crippen LogP contribution in [0.2, 0.25) is 0 Å². The first-order valence-corrected chi connectivity index (χ1v) is 17.1. The van der Waals surface area contributed by atoms with Crippen LogP contribution in [0.1, 0.15) is 56.0 Å². The third-order valence-electron chi connectivity index (χ3n) is 7.67. The number of aromatic nitrogens is 2. The zero-order valence-electron chi connectivity index (χ0n) is 26.7. The van der Waals surface area contributed by atoms with Crippen LogP contribution < -0.4 is 11.2 Å². The molecule has 2 heterocycles. The number of benzene rings is 3. The monoisotopic (exact) mass is 644 g/mol. The molecule has 3 aromatic carbocycles. The first-order valence-electron chi connectivity index (χ1n) is 15.5. The van der Waals surface area contributed by atoms with Crippen LogP contribution in [0.3, 0.4) is 0 Å².